The molecule has 1 unspecified atom stereocenters. The van der Waals surface area contributed by atoms with Crippen LogP contribution in [0, 0.1) is 5.82 Å². The second kappa shape index (κ2) is 11.2. The first kappa shape index (κ1) is 28.7. The van der Waals surface area contributed by atoms with Crippen LogP contribution >= 0.6 is 7.75 Å². The molecule has 204 valence electrons. The third-order valence-electron chi connectivity index (χ3n) is 5.34. The summed E-state index contributed by atoms with van der Waals surface area (Å²) in [6.07, 6.45) is -5.04. The van der Waals surface area contributed by atoms with Gasteiger partial charge >= 0.3 is 19.4 Å². The maximum Gasteiger partial charge on any atom is 0.459 e. The summed E-state index contributed by atoms with van der Waals surface area (Å²) in [7, 11) is -4.35. The molecule has 1 saturated heterocycles. The van der Waals surface area contributed by atoms with E-state index in [4.69, 9.17) is 24.3 Å². The number of esters is 1. The van der Waals surface area contributed by atoms with Crippen molar-refractivity contribution in [3.8, 4) is 5.75 Å². The van der Waals surface area contributed by atoms with Gasteiger partial charge in [0.25, 0.3) is 0 Å². The quantitative estimate of drug-likeness (QED) is 0.295. The molecule has 0 saturated carbocycles. The number of alkyl halides is 1. The minimum absolute atomic E-state index is 0.124. The summed E-state index contributed by atoms with van der Waals surface area (Å²) in [6.45, 7) is 4.88. The average Bonchev–Trinajstić information content (AvgIpc) is 3.03. The van der Waals surface area contributed by atoms with Crippen molar-refractivity contribution in [1.29, 1.82) is 0 Å². The number of benzene rings is 1. The van der Waals surface area contributed by atoms with Crippen LogP contribution in [0.15, 0.2) is 41.3 Å². The van der Waals surface area contributed by atoms with Gasteiger partial charge in [0.2, 0.25) is 0 Å². The van der Waals surface area contributed by atoms with E-state index in [0.29, 0.717) is 10.8 Å². The van der Waals surface area contributed by atoms with Gasteiger partial charge in [0.05, 0.1) is 18.9 Å². The Labute approximate surface area is 211 Å². The van der Waals surface area contributed by atoms with Gasteiger partial charge in [0.1, 0.15) is 24.0 Å². The Morgan fingerprint density at radius 3 is 2.62 bits per heavy atom. The zero-order valence-electron chi connectivity index (χ0n) is 20.5. The molecule has 15 heteroatoms. The zero-order chi connectivity index (χ0) is 27.5. The zero-order valence-corrected chi connectivity index (χ0v) is 21.4. The number of carbonyl (C=O) groups is 1. The number of para-hydroxylation sites is 1. The molecule has 0 amide bonds. The fraction of sp³-hybridized carbons (Fsp3) is 0.500. The molecule has 6 atom stereocenters. The second-order valence-corrected chi connectivity index (χ2v) is 10.5. The topological polar surface area (TPSA) is 164 Å². The van der Waals surface area contributed by atoms with E-state index in [1.54, 1.807) is 32.0 Å². The van der Waals surface area contributed by atoms with E-state index in [1.807, 2.05) is 0 Å². The number of aromatic nitrogens is 2. The van der Waals surface area contributed by atoms with Crippen LogP contribution in [0.3, 0.4) is 0 Å². The van der Waals surface area contributed by atoms with Gasteiger partial charge in [-0.1, -0.05) is 18.2 Å². The number of halogens is 2. The molecule has 37 heavy (non-hydrogen) atoms. The van der Waals surface area contributed by atoms with Gasteiger partial charge < -0.3 is 24.8 Å². The summed E-state index contributed by atoms with van der Waals surface area (Å²) in [5, 5.41) is 13.0. The molecule has 0 spiro atoms. The Bertz CT molecular complexity index is 1210. The summed E-state index contributed by atoms with van der Waals surface area (Å²) >= 11 is 0. The number of nitrogen functional groups attached to an aromatic ring is 1. The van der Waals surface area contributed by atoms with Crippen LogP contribution in [0.5, 0.6) is 5.75 Å². The lowest BCUT2D eigenvalue weighted by Gasteiger charge is -2.25. The maximum atomic E-state index is 15.5. The summed E-state index contributed by atoms with van der Waals surface area (Å²) in [4.78, 5) is 27.7. The van der Waals surface area contributed by atoms with Crippen molar-refractivity contribution in [1.82, 2.24) is 14.6 Å². The monoisotopic (exact) mass is 546 g/mol. The molecule has 0 bridgehead atoms. The first-order valence-electron chi connectivity index (χ1n) is 11.3. The fourth-order valence-corrected chi connectivity index (χ4v) is 4.98. The standard InChI is InChI=1S/C22H29F2N4O8P/c1-12(2)34-19(30)13(3)27-37(32,36-14-8-6-5-7-9-14)33-11-16-17(29)22(4,24)20(35-16)28-10-15(23)18(25)26-21(28)31/h5-10,12-13,16-17,20,29H,11H2,1-4H3,(H,27,32)(H2,25,26,31)/t13-,16-,17-,20-,22-,37?/m1/s1. The van der Waals surface area contributed by atoms with E-state index < -0.39 is 73.9 Å². The molecule has 1 aliphatic rings. The molecule has 1 fully saturated rings. The van der Waals surface area contributed by atoms with Gasteiger partial charge in [-0.15, -0.1) is 0 Å². The van der Waals surface area contributed by atoms with Crippen molar-refractivity contribution < 1.29 is 41.8 Å². The summed E-state index contributed by atoms with van der Waals surface area (Å²) in [5.41, 5.74) is 1.54. The Morgan fingerprint density at radius 2 is 2.00 bits per heavy atom. The Hall–Kier alpha value is -2.90. The Balaban J connectivity index is 1.81. The number of rotatable bonds is 10. The molecule has 2 heterocycles. The number of nitrogens with two attached hydrogens (primary N) is 1. The molecule has 3 rings (SSSR count). The van der Waals surface area contributed by atoms with Gasteiger partial charge in [-0.05, 0) is 39.8 Å². The molecule has 0 radical (unpaired) electrons. The molecule has 1 aromatic heterocycles. The highest BCUT2D eigenvalue weighted by molar-refractivity contribution is 7.52. The van der Waals surface area contributed by atoms with Gasteiger partial charge in [-0.25, -0.2) is 18.1 Å². The summed E-state index contributed by atoms with van der Waals surface area (Å²) in [5.74, 6) is -2.39. The number of aliphatic hydroxyl groups excluding tert-OH is 1. The lowest BCUT2D eigenvalue weighted by molar-refractivity contribution is -0.149. The van der Waals surface area contributed by atoms with Crippen molar-refractivity contribution in [3.05, 3.63) is 52.8 Å². The number of carbonyl (C=O) groups excluding carboxylic acids is 1. The number of nitrogens with one attached hydrogen (secondary N) is 1. The first-order chi connectivity index (χ1) is 17.2. The number of aliphatic hydroxyl groups is 1. The van der Waals surface area contributed by atoms with Crippen molar-refractivity contribution in [2.75, 3.05) is 12.3 Å². The molecule has 1 aromatic carbocycles. The minimum atomic E-state index is -4.35. The third-order valence-corrected chi connectivity index (χ3v) is 6.98. The van der Waals surface area contributed by atoms with Crippen LogP contribution in [0.2, 0.25) is 0 Å². The lowest BCUT2D eigenvalue weighted by atomic mass is 9.98. The van der Waals surface area contributed by atoms with Crippen LogP contribution in [0.25, 0.3) is 0 Å². The highest BCUT2D eigenvalue weighted by atomic mass is 31.2. The van der Waals surface area contributed by atoms with Gasteiger partial charge in [0.15, 0.2) is 23.5 Å². The van der Waals surface area contributed by atoms with E-state index >= 15 is 4.39 Å². The molecule has 12 nitrogen and oxygen atoms in total. The fourth-order valence-electron chi connectivity index (χ4n) is 3.48. The van der Waals surface area contributed by atoms with Crippen LogP contribution < -0.4 is 21.0 Å². The van der Waals surface area contributed by atoms with Gasteiger partial charge in [0, 0.05) is 0 Å². The van der Waals surface area contributed by atoms with Crippen molar-refractivity contribution in [3.63, 3.8) is 0 Å². The largest absolute Gasteiger partial charge is 0.462 e. The average molecular weight is 546 g/mol. The number of ether oxygens (including phenoxy) is 2. The van der Waals surface area contributed by atoms with Crippen LogP contribution in [0.4, 0.5) is 14.6 Å². The minimum Gasteiger partial charge on any atom is -0.462 e. The third kappa shape index (κ3) is 6.70. The highest BCUT2D eigenvalue weighted by Crippen LogP contribution is 2.47. The summed E-state index contributed by atoms with van der Waals surface area (Å²) < 4.78 is 65.0. The van der Waals surface area contributed by atoms with Crippen LogP contribution in [0.1, 0.15) is 33.9 Å². The molecule has 0 aliphatic carbocycles. The number of anilines is 1. The molecule has 2 aromatic rings. The predicted octanol–water partition coefficient (Wildman–Crippen LogP) is 2.08. The van der Waals surface area contributed by atoms with Gasteiger partial charge in [-0.3, -0.25) is 13.9 Å². The van der Waals surface area contributed by atoms with E-state index in [2.05, 4.69) is 10.1 Å². The normalized spacial score (nSPS) is 26.0. The number of hydrogen-bond donors (Lipinski definition) is 3. The second-order valence-electron chi connectivity index (χ2n) is 8.82. The van der Waals surface area contributed by atoms with E-state index in [9.17, 15) is 23.7 Å². The molecule has 4 N–H and O–H groups in total. The number of hydrogen-bond acceptors (Lipinski definition) is 10. The lowest BCUT2D eigenvalue weighted by Crippen LogP contribution is -2.43. The van der Waals surface area contributed by atoms with Crippen LogP contribution in [-0.2, 0) is 23.4 Å². The Kier molecular flexibility index (Phi) is 8.70. The van der Waals surface area contributed by atoms with Crippen molar-refractivity contribution in [2.24, 2.45) is 0 Å². The molecular weight excluding hydrogens is 517 g/mol. The molecule has 1 aliphatic heterocycles. The van der Waals surface area contributed by atoms with Crippen LogP contribution in [-0.4, -0.2) is 57.3 Å². The van der Waals surface area contributed by atoms with Gasteiger partial charge in [-0.2, -0.15) is 10.1 Å². The first-order valence-corrected chi connectivity index (χ1v) is 12.8. The highest BCUT2D eigenvalue weighted by Gasteiger charge is 2.56. The Morgan fingerprint density at radius 1 is 1.35 bits per heavy atom. The maximum absolute atomic E-state index is 15.5. The van der Waals surface area contributed by atoms with E-state index in [1.165, 1.54) is 19.1 Å². The van der Waals surface area contributed by atoms with E-state index in [0.717, 1.165) is 6.92 Å². The van der Waals surface area contributed by atoms with Crippen molar-refractivity contribution in [2.45, 2.75) is 63.9 Å². The SMILES string of the molecule is CC(C)OC(=O)[C@@H](C)NP(=O)(OC[C@H]1O[C@@H](n2cc(F)c(N)nc2=O)[C@](C)(F)[C@@H]1O)Oc1ccccc1. The van der Waals surface area contributed by atoms with E-state index in [-0.39, 0.29) is 5.75 Å². The van der Waals surface area contributed by atoms with Crippen molar-refractivity contribution >= 4 is 19.5 Å². The predicted molar refractivity (Wildman–Crippen MR) is 127 cm³/mol. The number of nitrogens with zero attached hydrogens (tertiary/aromatic N) is 2. The smallest absolute Gasteiger partial charge is 0.459 e. The summed E-state index contributed by atoms with van der Waals surface area (Å²) in [6, 6.07) is 6.73. The molecular formula is C22H29F2N4O8P.